The molecule has 0 aromatic rings. The average molecular weight is 545 g/mol. The first kappa shape index (κ1) is 34.5. The summed E-state index contributed by atoms with van der Waals surface area (Å²) < 4.78 is 0. The van der Waals surface area contributed by atoms with Gasteiger partial charge in [0.2, 0.25) is 23.6 Å². The summed E-state index contributed by atoms with van der Waals surface area (Å²) in [4.78, 5) is 65.7. The third-order valence-electron chi connectivity index (χ3n) is 5.49. The van der Waals surface area contributed by atoms with Crippen LogP contribution in [0.25, 0.3) is 0 Å². The van der Waals surface area contributed by atoms with Gasteiger partial charge >= 0.3 is 5.97 Å². The molecule has 0 bridgehead atoms. The van der Waals surface area contributed by atoms with Crippen molar-refractivity contribution in [3.05, 3.63) is 0 Å². The highest BCUT2D eigenvalue weighted by Gasteiger charge is 2.31. The first-order valence-electron chi connectivity index (χ1n) is 12.5. The van der Waals surface area contributed by atoms with Crippen LogP contribution < -0.4 is 38.5 Å². The Kier molecular flexibility index (Phi) is 15.6. The second-order valence-corrected chi connectivity index (χ2v) is 9.78. The summed E-state index contributed by atoms with van der Waals surface area (Å²) in [6.07, 6.45) is 0.481. The van der Waals surface area contributed by atoms with E-state index >= 15 is 0 Å². The summed E-state index contributed by atoms with van der Waals surface area (Å²) in [6.45, 7) is 7.87. The number of nitrogens with two attached hydrogens (primary N) is 3. The molecule has 12 N–H and O–H groups in total. The van der Waals surface area contributed by atoms with Gasteiger partial charge in [0, 0.05) is 6.54 Å². The number of guanidine groups is 1. The summed E-state index contributed by atoms with van der Waals surface area (Å²) in [5, 5.41) is 28.8. The normalized spacial score (nSPS) is 15.0. The molecule has 0 unspecified atom stereocenters. The van der Waals surface area contributed by atoms with Crippen LogP contribution in [-0.2, 0) is 24.0 Å². The highest BCUT2D eigenvalue weighted by atomic mass is 16.4. The molecule has 0 aromatic carbocycles. The third kappa shape index (κ3) is 13.2. The van der Waals surface area contributed by atoms with Gasteiger partial charge in [-0.15, -0.1) is 0 Å². The number of carboxylic acid groups (broad SMARTS) is 1. The fourth-order valence-electron chi connectivity index (χ4n) is 3.18. The smallest absolute Gasteiger partial charge is 0.326 e. The van der Waals surface area contributed by atoms with Crippen molar-refractivity contribution in [1.82, 2.24) is 21.3 Å². The van der Waals surface area contributed by atoms with Crippen LogP contribution in [0.5, 0.6) is 0 Å². The van der Waals surface area contributed by atoms with Crippen LogP contribution in [-0.4, -0.2) is 89.1 Å². The topological polar surface area (TPSA) is 264 Å². The van der Waals surface area contributed by atoms with Gasteiger partial charge in [-0.2, -0.15) is 0 Å². The molecule has 15 nitrogen and oxygen atoms in total. The molecular formula is C23H44N8O7. The highest BCUT2D eigenvalue weighted by Crippen LogP contribution is 2.08. The predicted molar refractivity (Wildman–Crippen MR) is 140 cm³/mol. The van der Waals surface area contributed by atoms with Crippen molar-refractivity contribution in [2.45, 2.75) is 84.1 Å². The van der Waals surface area contributed by atoms with Crippen molar-refractivity contribution in [3.63, 3.8) is 0 Å². The largest absolute Gasteiger partial charge is 0.480 e. The molecule has 38 heavy (non-hydrogen) atoms. The number of hydrogen-bond donors (Lipinski definition) is 9. The minimum Gasteiger partial charge on any atom is -0.480 e. The van der Waals surface area contributed by atoms with Gasteiger partial charge in [0.15, 0.2) is 5.96 Å². The molecule has 0 radical (unpaired) electrons. The minimum atomic E-state index is -1.43. The summed E-state index contributed by atoms with van der Waals surface area (Å²) >= 11 is 0. The number of nitrogens with zero attached hydrogens (tertiary/aromatic N) is 1. The third-order valence-corrected chi connectivity index (χ3v) is 5.49. The first-order chi connectivity index (χ1) is 17.6. The predicted octanol–water partition coefficient (Wildman–Crippen LogP) is -2.89. The van der Waals surface area contributed by atoms with Gasteiger partial charge in [-0.05, 0) is 38.0 Å². The lowest BCUT2D eigenvalue weighted by Crippen LogP contribution is -2.59. The van der Waals surface area contributed by atoms with E-state index in [4.69, 9.17) is 17.2 Å². The molecule has 15 heteroatoms. The van der Waals surface area contributed by atoms with Crippen molar-refractivity contribution in [1.29, 1.82) is 0 Å². The van der Waals surface area contributed by atoms with Gasteiger partial charge in [0.1, 0.15) is 24.2 Å². The Morgan fingerprint density at radius 3 is 1.79 bits per heavy atom. The van der Waals surface area contributed by atoms with Crippen molar-refractivity contribution in [2.24, 2.45) is 34.0 Å². The number of rotatable bonds is 17. The SMILES string of the molecule is CC(C)C[C@H](NC(=O)[C@H](CO)NC(=O)[C@H](C)NC(=O)[C@@H](N)C(C)C)C(=O)N[C@@H](CCCN=C(N)N)C(=O)O. The molecule has 0 heterocycles. The first-order valence-corrected chi connectivity index (χ1v) is 12.5. The molecule has 0 rings (SSSR count). The maximum atomic E-state index is 12.9. The second kappa shape index (κ2) is 17.1. The van der Waals surface area contributed by atoms with E-state index in [9.17, 15) is 34.2 Å². The lowest BCUT2D eigenvalue weighted by molar-refractivity contribution is -0.142. The fraction of sp³-hybridized carbons (Fsp3) is 0.739. The zero-order chi connectivity index (χ0) is 29.6. The Hall–Kier alpha value is -3.46. The van der Waals surface area contributed by atoms with Crippen LogP contribution in [0.3, 0.4) is 0 Å². The molecule has 4 amide bonds. The Morgan fingerprint density at radius 1 is 0.789 bits per heavy atom. The number of carboxylic acids is 1. The van der Waals surface area contributed by atoms with E-state index in [2.05, 4.69) is 26.3 Å². The van der Waals surface area contributed by atoms with E-state index in [0.29, 0.717) is 0 Å². The van der Waals surface area contributed by atoms with Crippen molar-refractivity contribution in [2.75, 3.05) is 13.2 Å². The lowest BCUT2D eigenvalue weighted by atomic mass is 10.0. The van der Waals surface area contributed by atoms with Gasteiger partial charge < -0.3 is 48.7 Å². The van der Waals surface area contributed by atoms with Crippen LogP contribution in [0.15, 0.2) is 4.99 Å². The number of carbonyl (C=O) groups is 5. The van der Waals surface area contributed by atoms with Crippen LogP contribution in [0.4, 0.5) is 0 Å². The van der Waals surface area contributed by atoms with E-state index in [1.54, 1.807) is 27.7 Å². The summed E-state index contributed by atoms with van der Waals surface area (Å²) in [5.74, 6) is -4.55. The van der Waals surface area contributed by atoms with Crippen molar-refractivity contribution in [3.8, 4) is 0 Å². The standard InChI is InChI=1S/C23H44N8O7/c1-11(2)9-15(19(34)29-14(22(37)38)7-6-8-27-23(25)26)30-20(35)16(10-32)31-18(33)13(5)28-21(36)17(24)12(3)4/h11-17,32H,6-10,24H2,1-5H3,(H,28,36)(H,29,34)(H,30,35)(H,31,33)(H,37,38)(H4,25,26,27)/t13-,14-,15-,16-,17-/m0/s1. The van der Waals surface area contributed by atoms with E-state index in [1.165, 1.54) is 6.92 Å². The molecule has 5 atom stereocenters. The molecule has 0 aromatic heterocycles. The molecular weight excluding hydrogens is 500 g/mol. The van der Waals surface area contributed by atoms with Crippen LogP contribution in [0.2, 0.25) is 0 Å². The zero-order valence-corrected chi connectivity index (χ0v) is 22.7. The number of aliphatic carboxylic acids is 1. The average Bonchev–Trinajstić information content (AvgIpc) is 2.81. The van der Waals surface area contributed by atoms with Crippen molar-refractivity contribution < 1.29 is 34.2 Å². The molecule has 218 valence electrons. The Balaban J connectivity index is 5.30. The summed E-state index contributed by atoms with van der Waals surface area (Å²) in [7, 11) is 0. The molecule has 0 saturated heterocycles. The summed E-state index contributed by atoms with van der Waals surface area (Å²) in [5.41, 5.74) is 16.3. The number of aliphatic hydroxyl groups excluding tert-OH is 1. The number of carbonyl (C=O) groups excluding carboxylic acids is 4. The van der Waals surface area contributed by atoms with Crippen LogP contribution in [0.1, 0.15) is 53.9 Å². The van der Waals surface area contributed by atoms with Crippen LogP contribution >= 0.6 is 0 Å². The molecule has 0 aliphatic carbocycles. The molecule has 0 spiro atoms. The lowest BCUT2D eigenvalue weighted by Gasteiger charge is -2.26. The Bertz CT molecular complexity index is 846. The van der Waals surface area contributed by atoms with Gasteiger partial charge in [0.05, 0.1) is 12.6 Å². The summed E-state index contributed by atoms with van der Waals surface area (Å²) in [6, 6.07) is -5.72. The molecule has 0 aliphatic rings. The zero-order valence-electron chi connectivity index (χ0n) is 22.7. The van der Waals surface area contributed by atoms with Crippen molar-refractivity contribution >= 4 is 35.6 Å². The maximum Gasteiger partial charge on any atom is 0.326 e. The van der Waals surface area contributed by atoms with Gasteiger partial charge in [-0.3, -0.25) is 24.2 Å². The maximum absolute atomic E-state index is 12.9. The Morgan fingerprint density at radius 2 is 1.32 bits per heavy atom. The van der Waals surface area contributed by atoms with E-state index in [1.807, 2.05) is 0 Å². The van der Waals surface area contributed by atoms with E-state index in [0.717, 1.165) is 0 Å². The monoisotopic (exact) mass is 544 g/mol. The van der Waals surface area contributed by atoms with Crippen LogP contribution in [0, 0.1) is 11.8 Å². The second-order valence-electron chi connectivity index (χ2n) is 9.78. The molecule has 0 fully saturated rings. The molecule has 0 saturated carbocycles. The minimum absolute atomic E-state index is 0.0413. The van der Waals surface area contributed by atoms with Gasteiger partial charge in [-0.1, -0.05) is 27.7 Å². The van der Waals surface area contributed by atoms with E-state index in [-0.39, 0.29) is 43.6 Å². The van der Waals surface area contributed by atoms with Gasteiger partial charge in [-0.25, -0.2) is 4.79 Å². The number of amides is 4. The molecule has 0 aliphatic heterocycles. The fourth-order valence-corrected chi connectivity index (χ4v) is 3.18. The number of nitrogens with one attached hydrogen (secondary N) is 4. The van der Waals surface area contributed by atoms with Gasteiger partial charge in [0.25, 0.3) is 0 Å². The number of aliphatic hydroxyl groups is 1. The van der Waals surface area contributed by atoms with E-state index < -0.39 is 66.4 Å². The highest BCUT2D eigenvalue weighted by molar-refractivity contribution is 5.95. The number of aliphatic imine (C=N–C) groups is 1. The number of hydrogen-bond acceptors (Lipinski definition) is 8. The Labute approximate surface area is 222 Å². The quantitative estimate of drug-likeness (QED) is 0.0512.